The Labute approximate surface area is 384 Å². The third kappa shape index (κ3) is 29.4. The number of rotatable bonds is 40. The Morgan fingerprint density at radius 3 is 1.23 bits per heavy atom. The lowest BCUT2D eigenvalue weighted by Gasteiger charge is -2.24. The quantitative estimate of drug-likeness (QED) is 0.0302. The zero-order chi connectivity index (χ0) is 45.2. The van der Waals surface area contributed by atoms with Gasteiger partial charge in [-0.1, -0.05) is 0 Å². The molecule has 0 aliphatic heterocycles. The monoisotopic (exact) mass is 974 g/mol. The molecular weight excluding hydrogens is 897 g/mol. The van der Waals surface area contributed by atoms with Crippen LogP contribution in [0.4, 0.5) is 0 Å². The molecule has 0 saturated carbocycles. The van der Waals surface area contributed by atoms with Crippen LogP contribution in [0.15, 0.2) is 0 Å². The average molecular weight is 975 g/mol. The van der Waals surface area contributed by atoms with Crippen molar-refractivity contribution in [1.29, 1.82) is 0 Å². The molecule has 0 saturated heterocycles. The first kappa shape index (κ1) is 60.0. The van der Waals surface area contributed by atoms with Crippen molar-refractivity contribution in [3.8, 4) is 0 Å². The minimum atomic E-state index is -2.61. The lowest BCUT2D eigenvalue weighted by molar-refractivity contribution is -0.0848. The number of hydrogen-bond acceptors (Lipinski definition) is 19. The van der Waals surface area contributed by atoms with Gasteiger partial charge in [0.25, 0.3) is 10.3 Å². The molecule has 23 heteroatoms. The highest BCUT2D eigenvalue weighted by Gasteiger charge is 2.37. The standard InChI is InChI=1S/C37H78N2O15S4Si2/c1-29(38-36(57)53-34(27-55)25-46-14-12-18-59(40-6,41-7)42-8)20-48-16-17-50-32(4)23-52-33(5)24-51-31(3)22-49-21-30(2)39-37(58)54-35(28-56)26-47-15-13-19-60(43-9,44-10)45-11/h29-35,55-56H,12-28H2,1-11H3,(H,38,57)(H,39,58). The van der Waals surface area contributed by atoms with Crippen molar-refractivity contribution in [3.63, 3.8) is 0 Å². The first-order chi connectivity index (χ1) is 28.7. The van der Waals surface area contributed by atoms with E-state index >= 15 is 0 Å². The summed E-state index contributed by atoms with van der Waals surface area (Å²) < 4.78 is 85.1. The van der Waals surface area contributed by atoms with Crippen molar-refractivity contribution in [2.75, 3.05) is 127 Å². The van der Waals surface area contributed by atoms with E-state index in [2.05, 4.69) is 35.9 Å². The molecule has 0 radical (unpaired) electrons. The zero-order valence-corrected chi connectivity index (χ0v) is 43.3. The molecule has 0 aliphatic carbocycles. The van der Waals surface area contributed by atoms with Gasteiger partial charge in [-0.2, -0.15) is 25.3 Å². The summed E-state index contributed by atoms with van der Waals surface area (Å²) in [6, 6.07) is 1.17. The van der Waals surface area contributed by atoms with E-state index in [9.17, 15) is 0 Å². The predicted octanol–water partition coefficient (Wildman–Crippen LogP) is 3.96. The van der Waals surface area contributed by atoms with Crippen LogP contribution in [0, 0.1) is 0 Å². The van der Waals surface area contributed by atoms with Gasteiger partial charge in [-0.05, 0) is 71.9 Å². The second-order valence-corrected chi connectivity index (χ2v) is 21.7. The molecule has 0 amide bonds. The Morgan fingerprint density at radius 2 is 0.833 bits per heavy atom. The van der Waals surface area contributed by atoms with Crippen LogP contribution in [0.2, 0.25) is 12.1 Å². The molecule has 0 aromatic heterocycles. The molecule has 60 heavy (non-hydrogen) atoms. The van der Waals surface area contributed by atoms with Crippen molar-refractivity contribution in [1.82, 2.24) is 10.6 Å². The summed E-state index contributed by atoms with van der Waals surface area (Å²) >= 11 is 19.5. The minimum Gasteiger partial charge on any atom is -0.464 e. The highest BCUT2D eigenvalue weighted by atomic mass is 32.1. The topological polar surface area (TPSA) is 163 Å². The van der Waals surface area contributed by atoms with Crippen LogP contribution < -0.4 is 10.6 Å². The van der Waals surface area contributed by atoms with Gasteiger partial charge in [0, 0.05) is 79.5 Å². The fraction of sp³-hybridized carbons (Fsp3) is 0.946. The Hall–Kier alpha value is -0.00623. The van der Waals surface area contributed by atoms with E-state index in [4.69, 9.17) is 93.6 Å². The highest BCUT2D eigenvalue weighted by molar-refractivity contribution is 7.80. The van der Waals surface area contributed by atoms with E-state index in [0.717, 1.165) is 12.8 Å². The largest absolute Gasteiger partial charge is 0.500 e. The molecule has 2 N–H and O–H groups in total. The normalized spacial score (nSPS) is 15.8. The Bertz CT molecular complexity index is 1050. The molecule has 0 rings (SSSR count). The van der Waals surface area contributed by atoms with Crippen LogP contribution in [-0.2, 0) is 69.2 Å². The van der Waals surface area contributed by atoms with Gasteiger partial charge in [0.05, 0.1) is 89.9 Å². The first-order valence-electron chi connectivity index (χ1n) is 20.3. The summed E-state index contributed by atoms with van der Waals surface area (Å²) in [4.78, 5) is 0. The molecule has 0 fully saturated rings. The maximum Gasteiger partial charge on any atom is 0.500 e. The second-order valence-electron chi connectivity index (χ2n) is 14.0. The van der Waals surface area contributed by atoms with Crippen molar-refractivity contribution < 1.29 is 69.2 Å². The second kappa shape index (κ2) is 37.2. The summed E-state index contributed by atoms with van der Waals surface area (Å²) in [5.74, 6) is 0.901. The van der Waals surface area contributed by atoms with Crippen molar-refractivity contribution in [2.45, 2.75) is 102 Å². The third-order valence-electron chi connectivity index (χ3n) is 8.65. The summed E-state index contributed by atoms with van der Waals surface area (Å²) in [6.45, 7) is 14.5. The molecule has 0 aromatic carbocycles. The molecule has 0 heterocycles. The van der Waals surface area contributed by atoms with Crippen LogP contribution in [0.25, 0.3) is 0 Å². The number of nitrogens with one attached hydrogen (secondary N) is 2. The van der Waals surface area contributed by atoms with Gasteiger partial charge in [0.1, 0.15) is 12.2 Å². The molecular formula is C37H78N2O15S4Si2. The lowest BCUT2D eigenvalue weighted by atomic mass is 10.3. The van der Waals surface area contributed by atoms with Crippen LogP contribution in [0.3, 0.4) is 0 Å². The average Bonchev–Trinajstić information content (AvgIpc) is 3.24. The Morgan fingerprint density at radius 1 is 0.467 bits per heavy atom. The van der Waals surface area contributed by atoms with Crippen LogP contribution >= 0.6 is 49.7 Å². The molecule has 0 aliphatic rings. The third-order valence-corrected chi connectivity index (χ3v) is 15.6. The van der Waals surface area contributed by atoms with Gasteiger partial charge >= 0.3 is 17.6 Å². The summed E-state index contributed by atoms with van der Waals surface area (Å²) in [7, 11) is 4.36. The van der Waals surface area contributed by atoms with Gasteiger partial charge in [0.15, 0.2) is 0 Å². The summed E-state index contributed by atoms with van der Waals surface area (Å²) in [5, 5.41) is 6.81. The van der Waals surface area contributed by atoms with Crippen LogP contribution in [-0.4, -0.2) is 197 Å². The number of hydrogen-bond donors (Lipinski definition) is 4. The fourth-order valence-electron chi connectivity index (χ4n) is 5.15. The molecule has 358 valence electrons. The fourth-order valence-corrected chi connectivity index (χ4v) is 9.56. The Balaban J connectivity index is 4.05. The molecule has 0 aromatic rings. The lowest BCUT2D eigenvalue weighted by Crippen LogP contribution is -2.42. The summed E-state index contributed by atoms with van der Waals surface area (Å²) in [5.41, 5.74) is 0. The van der Waals surface area contributed by atoms with E-state index < -0.39 is 17.6 Å². The molecule has 7 unspecified atom stereocenters. The van der Waals surface area contributed by atoms with Crippen LogP contribution in [0.1, 0.15) is 47.5 Å². The van der Waals surface area contributed by atoms with E-state index in [1.165, 1.54) is 0 Å². The minimum absolute atomic E-state index is 0.0660. The maximum atomic E-state index is 5.93. The molecule has 0 bridgehead atoms. The molecule has 17 nitrogen and oxygen atoms in total. The number of thiocarbonyl (C=S) groups is 2. The van der Waals surface area contributed by atoms with E-state index in [1.54, 1.807) is 42.7 Å². The summed E-state index contributed by atoms with van der Waals surface area (Å²) in [6.07, 6.45) is 0.518. The van der Waals surface area contributed by atoms with Gasteiger partial charge in [-0.15, -0.1) is 0 Å². The highest BCUT2D eigenvalue weighted by Crippen LogP contribution is 2.16. The van der Waals surface area contributed by atoms with Gasteiger partial charge in [-0.3, -0.25) is 0 Å². The Kier molecular flexibility index (Phi) is 37.2. The maximum absolute atomic E-state index is 5.93. The SMILES string of the molecule is CO[Si](CCCOCC(CS)OC(=S)NC(C)COCCOC(C)COC(C)COC(C)COCC(C)NC(=S)OC(CS)COCCC[Si](OC)(OC)OC)(OC)OC. The zero-order valence-electron chi connectivity index (χ0n) is 37.9. The van der Waals surface area contributed by atoms with E-state index in [0.29, 0.717) is 96.3 Å². The van der Waals surface area contributed by atoms with Gasteiger partial charge in [0.2, 0.25) is 0 Å². The van der Waals surface area contributed by atoms with Crippen LogP contribution in [0.5, 0.6) is 0 Å². The van der Waals surface area contributed by atoms with Gasteiger partial charge < -0.3 is 79.8 Å². The molecule has 0 spiro atoms. The van der Waals surface area contributed by atoms with E-state index in [-0.39, 0.29) is 53.0 Å². The van der Waals surface area contributed by atoms with Gasteiger partial charge in [-0.25, -0.2) is 0 Å². The predicted molar refractivity (Wildman–Crippen MR) is 250 cm³/mol. The molecule has 7 atom stereocenters. The van der Waals surface area contributed by atoms with Crippen molar-refractivity contribution in [2.24, 2.45) is 0 Å². The van der Waals surface area contributed by atoms with Crippen molar-refractivity contribution in [3.05, 3.63) is 0 Å². The number of ether oxygens (including phenoxy) is 9. The first-order valence-corrected chi connectivity index (χ1v) is 26.3. The van der Waals surface area contributed by atoms with Crippen molar-refractivity contribution >= 4 is 77.7 Å². The number of thiol groups is 2. The van der Waals surface area contributed by atoms with E-state index in [1.807, 2.05) is 34.6 Å². The smallest absolute Gasteiger partial charge is 0.464 e.